The van der Waals surface area contributed by atoms with Crippen molar-refractivity contribution in [1.29, 1.82) is 0 Å². The molecule has 1 N–H and O–H groups in total. The average molecular weight is 469 g/mol. The second kappa shape index (κ2) is 9.41. The van der Waals surface area contributed by atoms with Crippen molar-refractivity contribution in [3.63, 3.8) is 0 Å². The molecule has 0 aromatic carbocycles. The van der Waals surface area contributed by atoms with Crippen molar-refractivity contribution in [1.82, 2.24) is 0 Å². The summed E-state index contributed by atoms with van der Waals surface area (Å²) < 4.78 is 32.4. The van der Waals surface area contributed by atoms with E-state index in [4.69, 9.17) is 22.4 Å². The van der Waals surface area contributed by atoms with E-state index in [2.05, 4.69) is 78.6 Å². The van der Waals surface area contributed by atoms with E-state index in [1.807, 2.05) is 0 Å². The van der Waals surface area contributed by atoms with Crippen molar-refractivity contribution in [2.75, 3.05) is 6.61 Å². The van der Waals surface area contributed by atoms with Crippen molar-refractivity contribution in [3.8, 4) is 0 Å². The van der Waals surface area contributed by atoms with Crippen LogP contribution in [0.3, 0.4) is 0 Å². The maximum atomic E-state index is 10.1. The number of ether oxygens (including phenoxy) is 1. The van der Waals surface area contributed by atoms with Crippen LogP contribution >= 0.6 is 0 Å². The zero-order valence-corrected chi connectivity index (χ0v) is 24.1. The Morgan fingerprint density at radius 1 is 0.571 bits per heavy atom. The molecule has 0 saturated carbocycles. The molecule has 0 aromatic rings. The third-order valence-electron chi connectivity index (χ3n) is 3.71. The van der Waals surface area contributed by atoms with Gasteiger partial charge in [0.25, 0.3) is 0 Å². The Morgan fingerprint density at radius 3 is 1.29 bits per heavy atom. The second-order valence-electron chi connectivity index (χ2n) is 11.5. The smallest absolute Gasteiger partial charge is 0.187 e. The first kappa shape index (κ1) is 26.7. The van der Waals surface area contributed by atoms with Crippen LogP contribution in [0.5, 0.6) is 0 Å². The molecule has 0 radical (unpaired) electrons. The summed E-state index contributed by atoms with van der Waals surface area (Å²) in [5.74, 6) is 0. The van der Waals surface area contributed by atoms with Gasteiger partial charge >= 0.3 is 0 Å². The van der Waals surface area contributed by atoms with Gasteiger partial charge < -0.3 is 27.5 Å². The van der Waals surface area contributed by atoms with Crippen molar-refractivity contribution in [3.05, 3.63) is 0 Å². The lowest BCUT2D eigenvalue weighted by Crippen LogP contribution is -2.67. The predicted molar refractivity (Wildman–Crippen MR) is 125 cm³/mol. The summed E-state index contributed by atoms with van der Waals surface area (Å²) >= 11 is 0. The first-order valence-corrected chi connectivity index (χ1v) is 23.9. The van der Waals surface area contributed by atoms with Crippen LogP contribution in [0.25, 0.3) is 0 Å². The monoisotopic (exact) mass is 468 g/mol. The molecule has 168 valence electrons. The molecule has 0 spiro atoms. The first-order chi connectivity index (χ1) is 12.3. The van der Waals surface area contributed by atoms with E-state index in [0.29, 0.717) is 0 Å². The van der Waals surface area contributed by atoms with Crippen LogP contribution in [-0.4, -0.2) is 75.7 Å². The SMILES string of the molecule is C[Si](C)(C)OC1OC(CO)C(O[Si](C)(C)C)C(O[Si](C)(C)C)C1O[Si](C)(C)C. The van der Waals surface area contributed by atoms with Crippen LogP contribution in [-0.2, 0) is 22.4 Å². The zero-order valence-electron chi connectivity index (χ0n) is 20.1. The van der Waals surface area contributed by atoms with Gasteiger partial charge in [0, 0.05) is 0 Å². The number of aliphatic hydroxyl groups excluding tert-OH is 1. The standard InChI is InChI=1S/C18H44O6Si4/c1-25(2,3)21-15-14(13-19)20-18(24-28(10,11)12)17(23-27(7,8)9)16(15)22-26(4,5)6/h14-19H,13H2,1-12H3. The van der Waals surface area contributed by atoms with E-state index < -0.39 is 45.7 Å². The van der Waals surface area contributed by atoms with Crippen LogP contribution in [0.15, 0.2) is 0 Å². The quantitative estimate of drug-likeness (QED) is 0.511. The van der Waals surface area contributed by atoms with Gasteiger partial charge in [0.2, 0.25) is 0 Å². The molecular formula is C18H44O6Si4. The van der Waals surface area contributed by atoms with Gasteiger partial charge in [-0.15, -0.1) is 0 Å². The molecule has 0 aliphatic carbocycles. The number of rotatable bonds is 9. The molecule has 1 rings (SSSR count). The Kier molecular flexibility index (Phi) is 8.96. The summed E-state index contributed by atoms with van der Waals surface area (Å²) in [5.41, 5.74) is 0. The van der Waals surface area contributed by atoms with E-state index in [-0.39, 0.29) is 24.9 Å². The summed E-state index contributed by atoms with van der Waals surface area (Å²) in [6.45, 7) is 25.7. The van der Waals surface area contributed by atoms with Gasteiger partial charge in [-0.1, -0.05) is 0 Å². The highest BCUT2D eigenvalue weighted by atomic mass is 28.4. The lowest BCUT2D eigenvalue weighted by atomic mass is 9.99. The van der Waals surface area contributed by atoms with Crippen LogP contribution in [0, 0.1) is 0 Å². The summed E-state index contributed by atoms with van der Waals surface area (Å²) in [5, 5.41) is 10.1. The number of hydrogen-bond acceptors (Lipinski definition) is 6. The molecule has 5 atom stereocenters. The zero-order chi connectivity index (χ0) is 22.1. The predicted octanol–water partition coefficient (Wildman–Crippen LogP) is 4.22. The highest BCUT2D eigenvalue weighted by Crippen LogP contribution is 2.34. The molecule has 6 nitrogen and oxygen atoms in total. The maximum absolute atomic E-state index is 10.1. The topological polar surface area (TPSA) is 66.4 Å². The molecular weight excluding hydrogens is 425 g/mol. The van der Waals surface area contributed by atoms with Crippen LogP contribution in [0.1, 0.15) is 0 Å². The summed E-state index contributed by atoms with van der Waals surface area (Å²) in [7, 11) is -7.65. The Bertz CT molecular complexity index is 492. The van der Waals surface area contributed by atoms with Crippen molar-refractivity contribution < 1.29 is 27.5 Å². The molecule has 0 amide bonds. The minimum absolute atomic E-state index is 0.133. The van der Waals surface area contributed by atoms with Gasteiger partial charge in [-0.3, -0.25) is 0 Å². The third-order valence-corrected chi connectivity index (χ3v) is 7.59. The van der Waals surface area contributed by atoms with Crippen molar-refractivity contribution in [2.24, 2.45) is 0 Å². The van der Waals surface area contributed by atoms with E-state index in [1.54, 1.807) is 0 Å². The Balaban J connectivity index is 3.40. The molecule has 1 aliphatic heterocycles. The van der Waals surface area contributed by atoms with Crippen molar-refractivity contribution >= 4 is 33.3 Å². The number of hydrogen-bond donors (Lipinski definition) is 1. The molecule has 28 heavy (non-hydrogen) atoms. The van der Waals surface area contributed by atoms with Gasteiger partial charge in [-0.05, 0) is 78.6 Å². The van der Waals surface area contributed by atoms with E-state index in [1.165, 1.54) is 0 Å². The normalized spacial score (nSPS) is 30.5. The highest BCUT2D eigenvalue weighted by Gasteiger charge is 2.52. The molecule has 1 heterocycles. The molecule has 0 aromatic heterocycles. The summed E-state index contributed by atoms with van der Waals surface area (Å²) in [6, 6.07) is 0. The van der Waals surface area contributed by atoms with Gasteiger partial charge in [-0.25, -0.2) is 0 Å². The van der Waals surface area contributed by atoms with E-state index >= 15 is 0 Å². The fourth-order valence-corrected chi connectivity index (χ4v) is 7.23. The Morgan fingerprint density at radius 2 is 0.929 bits per heavy atom. The molecule has 1 saturated heterocycles. The lowest BCUT2D eigenvalue weighted by molar-refractivity contribution is -0.269. The highest BCUT2D eigenvalue weighted by molar-refractivity contribution is 6.71. The summed E-state index contributed by atoms with van der Waals surface area (Å²) in [6.07, 6.45) is -2.10. The Hall–Kier alpha value is 0.628. The van der Waals surface area contributed by atoms with Crippen molar-refractivity contribution in [2.45, 2.75) is 109 Å². The average Bonchev–Trinajstić information content (AvgIpc) is 2.39. The summed E-state index contributed by atoms with van der Waals surface area (Å²) in [4.78, 5) is 0. The Labute approximate surface area is 176 Å². The van der Waals surface area contributed by atoms with Gasteiger partial charge in [0.1, 0.15) is 24.4 Å². The molecule has 1 aliphatic rings. The molecule has 5 unspecified atom stereocenters. The van der Waals surface area contributed by atoms with Crippen LogP contribution < -0.4 is 0 Å². The minimum Gasteiger partial charge on any atom is -0.409 e. The van der Waals surface area contributed by atoms with Gasteiger partial charge in [0.05, 0.1) is 6.61 Å². The molecule has 0 bridgehead atoms. The van der Waals surface area contributed by atoms with Crippen LogP contribution in [0.2, 0.25) is 78.6 Å². The fraction of sp³-hybridized carbons (Fsp3) is 1.00. The van der Waals surface area contributed by atoms with Crippen LogP contribution in [0.4, 0.5) is 0 Å². The number of aliphatic hydroxyl groups is 1. The maximum Gasteiger partial charge on any atom is 0.187 e. The lowest BCUT2D eigenvalue weighted by Gasteiger charge is -2.51. The second-order valence-corrected chi connectivity index (χ2v) is 29.4. The van der Waals surface area contributed by atoms with Gasteiger partial charge in [-0.2, -0.15) is 0 Å². The largest absolute Gasteiger partial charge is 0.409 e. The fourth-order valence-electron chi connectivity index (χ4n) is 3.10. The first-order valence-electron chi connectivity index (χ1n) is 10.3. The van der Waals surface area contributed by atoms with E-state index in [9.17, 15) is 5.11 Å². The third kappa shape index (κ3) is 9.62. The molecule has 1 fully saturated rings. The van der Waals surface area contributed by atoms with E-state index in [0.717, 1.165) is 0 Å². The van der Waals surface area contributed by atoms with Gasteiger partial charge in [0.15, 0.2) is 39.6 Å². The minimum atomic E-state index is -1.92. The molecule has 10 heteroatoms.